The van der Waals surface area contributed by atoms with Crippen molar-refractivity contribution in [2.75, 3.05) is 33.7 Å². The Morgan fingerprint density at radius 2 is 2.00 bits per heavy atom. The molecule has 0 heterocycles. The third-order valence-electron chi connectivity index (χ3n) is 2.32. The van der Waals surface area contributed by atoms with Crippen LogP contribution < -0.4 is 5.32 Å². The molecular weight excluding hydrogens is 160 g/mol. The van der Waals surface area contributed by atoms with Crippen molar-refractivity contribution in [2.24, 2.45) is 5.92 Å². The SMILES string of the molecule is CCCCCN(C)CC(C)CNC. The van der Waals surface area contributed by atoms with Gasteiger partial charge < -0.3 is 10.2 Å². The Labute approximate surface area is 83.7 Å². The zero-order valence-electron chi connectivity index (χ0n) is 9.77. The minimum absolute atomic E-state index is 0.761. The Morgan fingerprint density at radius 3 is 2.54 bits per heavy atom. The zero-order valence-corrected chi connectivity index (χ0v) is 9.77. The van der Waals surface area contributed by atoms with Crippen molar-refractivity contribution in [2.45, 2.75) is 33.1 Å². The van der Waals surface area contributed by atoms with Gasteiger partial charge in [-0.1, -0.05) is 26.7 Å². The lowest BCUT2D eigenvalue weighted by atomic mass is 10.1. The molecule has 2 nitrogen and oxygen atoms in total. The molecule has 0 radical (unpaired) electrons. The van der Waals surface area contributed by atoms with E-state index in [1.54, 1.807) is 0 Å². The van der Waals surface area contributed by atoms with Gasteiger partial charge in [0.1, 0.15) is 0 Å². The average Bonchev–Trinajstić information content (AvgIpc) is 2.05. The molecule has 13 heavy (non-hydrogen) atoms. The first kappa shape index (κ1) is 12.9. The number of hydrogen-bond donors (Lipinski definition) is 1. The summed E-state index contributed by atoms with van der Waals surface area (Å²) in [5.41, 5.74) is 0. The molecule has 1 atom stereocenters. The molecular formula is C11H26N2. The standard InChI is InChI=1S/C11H26N2/c1-5-6-7-8-13(4)10-11(2)9-12-3/h11-12H,5-10H2,1-4H3. The molecule has 0 rings (SSSR count). The molecule has 0 aliphatic rings. The van der Waals surface area contributed by atoms with Gasteiger partial charge in [0.05, 0.1) is 0 Å². The van der Waals surface area contributed by atoms with Crippen LogP contribution in [0.2, 0.25) is 0 Å². The molecule has 0 amide bonds. The summed E-state index contributed by atoms with van der Waals surface area (Å²) in [6.07, 6.45) is 4.03. The molecule has 0 spiro atoms. The van der Waals surface area contributed by atoms with Crippen LogP contribution >= 0.6 is 0 Å². The van der Waals surface area contributed by atoms with Crippen molar-refractivity contribution in [3.63, 3.8) is 0 Å². The Hall–Kier alpha value is -0.0800. The summed E-state index contributed by atoms with van der Waals surface area (Å²) in [5, 5.41) is 3.21. The number of unbranched alkanes of at least 4 members (excludes halogenated alkanes) is 2. The summed E-state index contributed by atoms with van der Waals surface area (Å²) < 4.78 is 0. The molecule has 0 saturated carbocycles. The molecule has 0 bridgehead atoms. The fourth-order valence-corrected chi connectivity index (χ4v) is 1.67. The minimum atomic E-state index is 0.761. The lowest BCUT2D eigenvalue weighted by Gasteiger charge is -2.20. The van der Waals surface area contributed by atoms with Gasteiger partial charge >= 0.3 is 0 Å². The van der Waals surface area contributed by atoms with E-state index in [-0.39, 0.29) is 0 Å². The van der Waals surface area contributed by atoms with Gasteiger partial charge in [0, 0.05) is 6.54 Å². The summed E-state index contributed by atoms with van der Waals surface area (Å²) >= 11 is 0. The highest BCUT2D eigenvalue weighted by molar-refractivity contribution is 4.60. The Kier molecular flexibility index (Phi) is 8.46. The molecule has 0 aromatic rings. The molecule has 1 N–H and O–H groups in total. The Bertz CT molecular complexity index is 104. The summed E-state index contributed by atoms with van der Waals surface area (Å²) in [6.45, 7) is 8.14. The van der Waals surface area contributed by atoms with Gasteiger partial charge in [-0.05, 0) is 39.5 Å². The molecule has 0 aromatic carbocycles. The minimum Gasteiger partial charge on any atom is -0.319 e. The average molecular weight is 186 g/mol. The molecule has 0 fully saturated rings. The van der Waals surface area contributed by atoms with Crippen molar-refractivity contribution in [1.29, 1.82) is 0 Å². The topological polar surface area (TPSA) is 15.3 Å². The zero-order chi connectivity index (χ0) is 10.1. The Balaban J connectivity index is 3.32. The quantitative estimate of drug-likeness (QED) is 0.583. The fourth-order valence-electron chi connectivity index (χ4n) is 1.67. The maximum absolute atomic E-state index is 3.21. The lowest BCUT2D eigenvalue weighted by molar-refractivity contribution is 0.278. The summed E-state index contributed by atoms with van der Waals surface area (Å²) in [5.74, 6) is 0.761. The van der Waals surface area contributed by atoms with E-state index in [0.29, 0.717) is 0 Å². The van der Waals surface area contributed by atoms with Crippen LogP contribution in [0.15, 0.2) is 0 Å². The summed E-state index contributed by atoms with van der Waals surface area (Å²) in [6, 6.07) is 0. The first-order valence-electron chi connectivity index (χ1n) is 5.53. The molecule has 0 aliphatic heterocycles. The van der Waals surface area contributed by atoms with E-state index in [1.807, 2.05) is 7.05 Å². The largest absolute Gasteiger partial charge is 0.319 e. The van der Waals surface area contributed by atoms with Crippen LogP contribution in [-0.2, 0) is 0 Å². The fraction of sp³-hybridized carbons (Fsp3) is 1.00. The lowest BCUT2D eigenvalue weighted by Crippen LogP contribution is -2.30. The molecule has 0 saturated heterocycles. The van der Waals surface area contributed by atoms with E-state index in [4.69, 9.17) is 0 Å². The number of nitrogens with zero attached hydrogens (tertiary/aromatic N) is 1. The number of nitrogens with one attached hydrogen (secondary N) is 1. The normalized spacial score (nSPS) is 13.6. The second-order valence-corrected chi connectivity index (χ2v) is 4.13. The summed E-state index contributed by atoms with van der Waals surface area (Å²) in [7, 11) is 4.25. The highest BCUT2D eigenvalue weighted by Crippen LogP contribution is 2.00. The van der Waals surface area contributed by atoms with E-state index in [1.165, 1.54) is 32.4 Å². The van der Waals surface area contributed by atoms with Crippen LogP contribution in [-0.4, -0.2) is 38.6 Å². The molecule has 80 valence electrons. The van der Waals surface area contributed by atoms with Crippen molar-refractivity contribution < 1.29 is 0 Å². The van der Waals surface area contributed by atoms with Gasteiger partial charge in [0.15, 0.2) is 0 Å². The third kappa shape index (κ3) is 8.26. The monoisotopic (exact) mass is 186 g/mol. The number of rotatable bonds is 8. The van der Waals surface area contributed by atoms with Gasteiger partial charge in [0.2, 0.25) is 0 Å². The van der Waals surface area contributed by atoms with E-state index in [0.717, 1.165) is 12.5 Å². The van der Waals surface area contributed by atoms with Crippen LogP contribution in [0.1, 0.15) is 33.1 Å². The van der Waals surface area contributed by atoms with E-state index in [2.05, 4.69) is 31.1 Å². The van der Waals surface area contributed by atoms with E-state index >= 15 is 0 Å². The van der Waals surface area contributed by atoms with Gasteiger partial charge in [0.25, 0.3) is 0 Å². The van der Waals surface area contributed by atoms with Crippen LogP contribution in [0.5, 0.6) is 0 Å². The van der Waals surface area contributed by atoms with Gasteiger partial charge in [-0.3, -0.25) is 0 Å². The Morgan fingerprint density at radius 1 is 1.31 bits per heavy atom. The number of hydrogen-bond acceptors (Lipinski definition) is 2. The van der Waals surface area contributed by atoms with Crippen LogP contribution in [0.4, 0.5) is 0 Å². The maximum Gasteiger partial charge on any atom is 0.00161 e. The van der Waals surface area contributed by atoms with E-state index in [9.17, 15) is 0 Å². The van der Waals surface area contributed by atoms with Crippen molar-refractivity contribution in [1.82, 2.24) is 10.2 Å². The van der Waals surface area contributed by atoms with Gasteiger partial charge in [-0.15, -0.1) is 0 Å². The maximum atomic E-state index is 3.21. The second kappa shape index (κ2) is 8.52. The van der Waals surface area contributed by atoms with Crippen LogP contribution in [0, 0.1) is 5.92 Å². The van der Waals surface area contributed by atoms with Gasteiger partial charge in [-0.25, -0.2) is 0 Å². The van der Waals surface area contributed by atoms with Gasteiger partial charge in [-0.2, -0.15) is 0 Å². The highest BCUT2D eigenvalue weighted by atomic mass is 15.1. The molecule has 0 aromatic heterocycles. The highest BCUT2D eigenvalue weighted by Gasteiger charge is 2.04. The van der Waals surface area contributed by atoms with Crippen LogP contribution in [0.25, 0.3) is 0 Å². The third-order valence-corrected chi connectivity index (χ3v) is 2.32. The van der Waals surface area contributed by atoms with Crippen molar-refractivity contribution in [3.8, 4) is 0 Å². The first-order chi connectivity index (χ1) is 6.20. The second-order valence-electron chi connectivity index (χ2n) is 4.13. The first-order valence-corrected chi connectivity index (χ1v) is 5.53. The molecule has 1 unspecified atom stereocenters. The summed E-state index contributed by atoms with van der Waals surface area (Å²) in [4.78, 5) is 2.44. The van der Waals surface area contributed by atoms with E-state index < -0.39 is 0 Å². The molecule has 0 aliphatic carbocycles. The predicted octanol–water partition coefficient (Wildman–Crippen LogP) is 1.96. The predicted molar refractivity (Wildman–Crippen MR) is 60.1 cm³/mol. The smallest absolute Gasteiger partial charge is 0.00161 e. The van der Waals surface area contributed by atoms with Crippen molar-refractivity contribution >= 4 is 0 Å². The molecule has 2 heteroatoms. The van der Waals surface area contributed by atoms with Crippen LogP contribution in [0.3, 0.4) is 0 Å². The van der Waals surface area contributed by atoms with Crippen molar-refractivity contribution in [3.05, 3.63) is 0 Å².